The normalized spacial score (nSPS) is 11.5. The van der Waals surface area contributed by atoms with Crippen molar-refractivity contribution < 1.29 is 28.6 Å². The van der Waals surface area contributed by atoms with Crippen LogP contribution < -0.4 is 20.1 Å². The largest absolute Gasteiger partial charge is 0.454 e. The third kappa shape index (κ3) is 6.05. The average Bonchev–Trinajstić information content (AvgIpc) is 3.30. The van der Waals surface area contributed by atoms with Gasteiger partial charge in [-0.25, -0.2) is 4.79 Å². The molecule has 33 heavy (non-hydrogen) atoms. The summed E-state index contributed by atoms with van der Waals surface area (Å²) in [5.41, 5.74) is 1.48. The van der Waals surface area contributed by atoms with E-state index in [9.17, 15) is 14.4 Å². The van der Waals surface area contributed by atoms with E-state index in [4.69, 9.17) is 14.2 Å². The van der Waals surface area contributed by atoms with Gasteiger partial charge in [0, 0.05) is 22.3 Å². The van der Waals surface area contributed by atoms with Crippen LogP contribution in [0.2, 0.25) is 0 Å². The Labute approximate surface area is 194 Å². The van der Waals surface area contributed by atoms with Crippen LogP contribution in [0, 0.1) is 0 Å². The van der Waals surface area contributed by atoms with Gasteiger partial charge in [-0.2, -0.15) is 0 Å². The number of thioether (sulfide) groups is 1. The zero-order valence-corrected chi connectivity index (χ0v) is 18.2. The molecule has 0 fully saturated rings. The molecule has 1 aliphatic rings. The number of fused-ring (bicyclic) bond motifs is 1. The second kappa shape index (κ2) is 10.6. The molecule has 3 aromatic carbocycles. The average molecular weight is 464 g/mol. The lowest BCUT2D eigenvalue weighted by Gasteiger charge is -2.10. The number of ether oxygens (including phenoxy) is 3. The van der Waals surface area contributed by atoms with Crippen molar-refractivity contribution in [2.45, 2.75) is 4.90 Å². The highest BCUT2D eigenvalue weighted by molar-refractivity contribution is 8.00. The van der Waals surface area contributed by atoms with E-state index < -0.39 is 18.5 Å². The van der Waals surface area contributed by atoms with Crippen LogP contribution in [0.3, 0.4) is 0 Å². The van der Waals surface area contributed by atoms with Crippen LogP contribution in [-0.2, 0) is 14.3 Å². The second-order valence-corrected chi connectivity index (χ2v) is 7.91. The molecule has 168 valence electrons. The molecule has 0 unspecified atom stereocenters. The number of anilines is 2. The SMILES string of the molecule is O=C(COC(=O)c1ccccc1SCC(=O)Nc1ccc2c(c1)OCO2)Nc1ccccc1. The van der Waals surface area contributed by atoms with E-state index in [0.717, 1.165) is 0 Å². The fourth-order valence-corrected chi connectivity index (χ4v) is 3.84. The van der Waals surface area contributed by atoms with E-state index in [2.05, 4.69) is 10.6 Å². The highest BCUT2D eigenvalue weighted by Crippen LogP contribution is 2.34. The first kappa shape index (κ1) is 22.2. The molecule has 8 nitrogen and oxygen atoms in total. The Morgan fingerprint density at radius 1 is 0.818 bits per heavy atom. The molecule has 0 atom stereocenters. The molecule has 0 saturated carbocycles. The van der Waals surface area contributed by atoms with Crippen molar-refractivity contribution >= 4 is 40.9 Å². The van der Waals surface area contributed by atoms with Crippen molar-refractivity contribution in [2.75, 3.05) is 29.8 Å². The summed E-state index contributed by atoms with van der Waals surface area (Å²) in [5.74, 6) is -0.0468. The van der Waals surface area contributed by atoms with Crippen LogP contribution in [0.5, 0.6) is 11.5 Å². The molecule has 0 aliphatic carbocycles. The van der Waals surface area contributed by atoms with Crippen LogP contribution in [0.25, 0.3) is 0 Å². The maximum absolute atomic E-state index is 12.5. The molecule has 1 heterocycles. The number of amides is 2. The smallest absolute Gasteiger partial charge is 0.339 e. The Kier molecular flexibility index (Phi) is 7.11. The van der Waals surface area contributed by atoms with Gasteiger partial charge in [-0.05, 0) is 36.4 Å². The first-order chi connectivity index (χ1) is 16.1. The minimum atomic E-state index is -0.641. The van der Waals surface area contributed by atoms with Crippen molar-refractivity contribution in [1.82, 2.24) is 0 Å². The highest BCUT2D eigenvalue weighted by atomic mass is 32.2. The molecule has 0 saturated heterocycles. The molecule has 3 aromatic rings. The van der Waals surface area contributed by atoms with Gasteiger partial charge in [0.1, 0.15) is 0 Å². The van der Waals surface area contributed by atoms with Crippen molar-refractivity contribution in [2.24, 2.45) is 0 Å². The first-order valence-corrected chi connectivity index (χ1v) is 11.0. The summed E-state index contributed by atoms with van der Waals surface area (Å²) >= 11 is 1.20. The van der Waals surface area contributed by atoms with Crippen LogP contribution in [0.4, 0.5) is 11.4 Å². The number of nitrogens with one attached hydrogen (secondary N) is 2. The first-order valence-electron chi connectivity index (χ1n) is 10.0. The van der Waals surface area contributed by atoms with Gasteiger partial charge < -0.3 is 24.8 Å². The van der Waals surface area contributed by atoms with Crippen molar-refractivity contribution in [1.29, 1.82) is 0 Å². The molecule has 1 aliphatic heterocycles. The lowest BCUT2D eigenvalue weighted by atomic mass is 10.2. The summed E-state index contributed by atoms with van der Waals surface area (Å²) in [6.45, 7) is -0.263. The molecule has 2 amide bonds. The standard InChI is InChI=1S/C24H20N2O6S/c27-22(25-16-6-2-1-3-7-16)13-30-24(29)18-8-4-5-9-21(18)33-14-23(28)26-17-10-11-19-20(12-17)32-15-31-19/h1-12H,13-15H2,(H,25,27)(H,26,28). The van der Waals surface area contributed by atoms with Gasteiger partial charge >= 0.3 is 5.97 Å². The maximum Gasteiger partial charge on any atom is 0.339 e. The minimum Gasteiger partial charge on any atom is -0.454 e. The quantitative estimate of drug-likeness (QED) is 0.384. The molecular formula is C24H20N2O6S. The predicted molar refractivity (Wildman–Crippen MR) is 124 cm³/mol. The predicted octanol–water partition coefficient (Wildman–Crippen LogP) is 3.94. The van der Waals surface area contributed by atoms with Gasteiger partial charge in [-0.1, -0.05) is 30.3 Å². The molecule has 9 heteroatoms. The maximum atomic E-state index is 12.5. The van der Waals surface area contributed by atoms with Crippen molar-refractivity contribution in [3.05, 3.63) is 78.4 Å². The molecule has 0 bridgehead atoms. The number of hydrogen-bond acceptors (Lipinski definition) is 7. The van der Waals surface area contributed by atoms with Crippen LogP contribution in [-0.4, -0.2) is 36.9 Å². The van der Waals surface area contributed by atoms with Gasteiger partial charge in [0.05, 0.1) is 11.3 Å². The van der Waals surface area contributed by atoms with E-state index >= 15 is 0 Å². The molecule has 2 N–H and O–H groups in total. The fourth-order valence-electron chi connectivity index (χ4n) is 3.00. The lowest BCUT2D eigenvalue weighted by Crippen LogP contribution is -2.21. The Bertz CT molecular complexity index is 1170. The third-order valence-electron chi connectivity index (χ3n) is 4.51. The topological polar surface area (TPSA) is 103 Å². The Balaban J connectivity index is 1.29. The zero-order chi connectivity index (χ0) is 23.0. The Morgan fingerprint density at radius 3 is 2.39 bits per heavy atom. The second-order valence-electron chi connectivity index (χ2n) is 6.89. The van der Waals surface area contributed by atoms with E-state index in [0.29, 0.717) is 27.8 Å². The number of hydrogen-bond donors (Lipinski definition) is 2. The van der Waals surface area contributed by atoms with E-state index in [-0.39, 0.29) is 24.0 Å². The van der Waals surface area contributed by atoms with Crippen molar-refractivity contribution in [3.8, 4) is 11.5 Å². The van der Waals surface area contributed by atoms with Gasteiger partial charge in [0.15, 0.2) is 18.1 Å². The molecule has 0 spiro atoms. The van der Waals surface area contributed by atoms with Gasteiger partial charge in [-0.3, -0.25) is 9.59 Å². The summed E-state index contributed by atoms with van der Waals surface area (Å²) < 4.78 is 15.7. The van der Waals surface area contributed by atoms with E-state index in [1.807, 2.05) is 6.07 Å². The minimum absolute atomic E-state index is 0.0766. The number of para-hydroxylation sites is 1. The van der Waals surface area contributed by atoms with Gasteiger partial charge in [0.2, 0.25) is 12.7 Å². The van der Waals surface area contributed by atoms with Gasteiger partial charge in [-0.15, -0.1) is 11.8 Å². The Morgan fingerprint density at radius 2 is 1.55 bits per heavy atom. The van der Waals surface area contributed by atoms with Crippen LogP contribution in [0.15, 0.2) is 77.7 Å². The van der Waals surface area contributed by atoms with Crippen LogP contribution in [0.1, 0.15) is 10.4 Å². The monoisotopic (exact) mass is 464 g/mol. The van der Waals surface area contributed by atoms with E-state index in [1.54, 1.807) is 66.7 Å². The molecule has 0 aromatic heterocycles. The number of esters is 1. The van der Waals surface area contributed by atoms with Crippen LogP contribution >= 0.6 is 11.8 Å². The number of rotatable bonds is 8. The van der Waals surface area contributed by atoms with E-state index in [1.165, 1.54) is 11.8 Å². The zero-order valence-electron chi connectivity index (χ0n) is 17.4. The number of carbonyl (C=O) groups excluding carboxylic acids is 3. The summed E-state index contributed by atoms with van der Waals surface area (Å²) in [6.07, 6.45) is 0. The summed E-state index contributed by atoms with van der Waals surface area (Å²) in [4.78, 5) is 37.5. The lowest BCUT2D eigenvalue weighted by molar-refractivity contribution is -0.119. The summed E-state index contributed by atoms with van der Waals surface area (Å²) in [5, 5.41) is 5.44. The summed E-state index contributed by atoms with van der Waals surface area (Å²) in [6, 6.07) is 20.8. The summed E-state index contributed by atoms with van der Waals surface area (Å²) in [7, 11) is 0. The highest BCUT2D eigenvalue weighted by Gasteiger charge is 2.17. The third-order valence-corrected chi connectivity index (χ3v) is 5.59. The molecule has 4 rings (SSSR count). The molecular weight excluding hydrogens is 444 g/mol. The fraction of sp³-hybridized carbons (Fsp3) is 0.125. The molecule has 0 radical (unpaired) electrons. The number of carbonyl (C=O) groups is 3. The number of benzene rings is 3. The Hall–Kier alpha value is -3.98. The van der Waals surface area contributed by atoms with Gasteiger partial charge in [0.25, 0.3) is 5.91 Å². The van der Waals surface area contributed by atoms with Crippen molar-refractivity contribution in [3.63, 3.8) is 0 Å².